The van der Waals surface area contributed by atoms with E-state index in [9.17, 15) is 4.79 Å². The third-order valence-corrected chi connectivity index (χ3v) is 2.43. The first-order valence-electron chi connectivity index (χ1n) is 6.81. The molecule has 117 valence electrons. The summed E-state index contributed by atoms with van der Waals surface area (Å²) in [5.41, 5.74) is 6.23. The van der Waals surface area contributed by atoms with Crippen molar-refractivity contribution >= 4 is 24.5 Å². The number of rotatable bonds is 5. The van der Waals surface area contributed by atoms with Gasteiger partial charge in [-0.15, -0.1) is 12.4 Å². The SMILES string of the molecule is Cl.NCC(=O)OCCC=Cc1ccccc1.[c]1ccccc1. The van der Waals surface area contributed by atoms with Crippen LogP contribution in [0.3, 0.4) is 0 Å². The molecule has 0 saturated heterocycles. The van der Waals surface area contributed by atoms with E-state index in [0.29, 0.717) is 13.0 Å². The molecule has 0 amide bonds. The van der Waals surface area contributed by atoms with E-state index in [1.54, 1.807) is 0 Å². The van der Waals surface area contributed by atoms with Crippen molar-refractivity contribution in [2.45, 2.75) is 6.42 Å². The van der Waals surface area contributed by atoms with Crippen LogP contribution in [-0.2, 0) is 9.53 Å². The number of nitrogens with two attached hydrogens (primary N) is 1. The number of carbonyl (C=O) groups is 1. The van der Waals surface area contributed by atoms with E-state index in [2.05, 4.69) is 6.07 Å². The van der Waals surface area contributed by atoms with E-state index >= 15 is 0 Å². The van der Waals surface area contributed by atoms with Crippen LogP contribution >= 0.6 is 12.4 Å². The fraction of sp³-hybridized carbons (Fsp3) is 0.167. The van der Waals surface area contributed by atoms with Gasteiger partial charge in [0.25, 0.3) is 0 Å². The second kappa shape index (κ2) is 13.9. The van der Waals surface area contributed by atoms with Gasteiger partial charge in [0.05, 0.1) is 13.2 Å². The highest BCUT2D eigenvalue weighted by atomic mass is 35.5. The molecule has 2 N–H and O–H groups in total. The Morgan fingerprint density at radius 1 is 1.09 bits per heavy atom. The first kappa shape index (κ1) is 19.9. The summed E-state index contributed by atoms with van der Waals surface area (Å²) in [6, 6.07) is 22.5. The molecule has 0 fully saturated rings. The van der Waals surface area contributed by atoms with Crippen molar-refractivity contribution in [2.75, 3.05) is 13.2 Å². The van der Waals surface area contributed by atoms with Crippen LogP contribution in [0.4, 0.5) is 0 Å². The zero-order valence-electron chi connectivity index (χ0n) is 12.4. The molecule has 2 rings (SSSR count). The molecular weight excluding hydrogens is 298 g/mol. The Morgan fingerprint density at radius 2 is 1.73 bits per heavy atom. The molecule has 0 aliphatic carbocycles. The summed E-state index contributed by atoms with van der Waals surface area (Å²) in [4.78, 5) is 10.7. The Morgan fingerprint density at radius 3 is 2.23 bits per heavy atom. The van der Waals surface area contributed by atoms with Gasteiger partial charge in [-0.2, -0.15) is 0 Å². The zero-order valence-corrected chi connectivity index (χ0v) is 13.2. The molecule has 4 heteroatoms. The lowest BCUT2D eigenvalue weighted by molar-refractivity contribution is -0.141. The minimum absolute atomic E-state index is 0. The molecule has 0 bridgehead atoms. The Bertz CT molecular complexity index is 488. The molecule has 0 saturated carbocycles. The molecule has 0 heterocycles. The highest BCUT2D eigenvalue weighted by Crippen LogP contribution is 2.01. The van der Waals surface area contributed by atoms with Gasteiger partial charge in [0.1, 0.15) is 0 Å². The second-order valence-corrected chi connectivity index (χ2v) is 4.10. The maximum atomic E-state index is 10.7. The predicted octanol–water partition coefficient (Wildman–Crippen LogP) is 3.50. The van der Waals surface area contributed by atoms with Gasteiger partial charge in [-0.1, -0.05) is 72.8 Å². The number of esters is 1. The van der Waals surface area contributed by atoms with E-state index in [1.165, 1.54) is 0 Å². The molecule has 2 aromatic carbocycles. The minimum Gasteiger partial charge on any atom is -0.464 e. The van der Waals surface area contributed by atoms with Crippen molar-refractivity contribution in [3.63, 3.8) is 0 Å². The molecule has 3 nitrogen and oxygen atoms in total. The maximum Gasteiger partial charge on any atom is 0.319 e. The van der Waals surface area contributed by atoms with Gasteiger partial charge >= 0.3 is 5.97 Å². The highest BCUT2D eigenvalue weighted by Gasteiger charge is 1.95. The Hall–Kier alpha value is -2.10. The Labute approximate surface area is 138 Å². The molecule has 2 aromatic rings. The number of hydrogen-bond acceptors (Lipinski definition) is 3. The van der Waals surface area contributed by atoms with Crippen LogP contribution in [0.1, 0.15) is 12.0 Å². The largest absolute Gasteiger partial charge is 0.464 e. The summed E-state index contributed by atoms with van der Waals surface area (Å²) in [7, 11) is 0. The molecule has 0 atom stereocenters. The maximum absolute atomic E-state index is 10.7. The number of halogens is 1. The van der Waals surface area contributed by atoms with Crippen molar-refractivity contribution in [2.24, 2.45) is 5.73 Å². The standard InChI is InChI=1S/C12H15NO2.C6H5.ClH/c13-10-12(14)15-9-5-4-8-11-6-2-1-3-7-11;1-2-4-6-5-3-1;/h1-4,6-8H,5,9-10,13H2;1-5H;1H. The molecular formula is C18H21ClNO2. The van der Waals surface area contributed by atoms with Gasteiger partial charge in [-0.3, -0.25) is 4.79 Å². The first-order chi connectivity index (χ1) is 10.3. The summed E-state index contributed by atoms with van der Waals surface area (Å²) in [6.07, 6.45) is 4.68. The van der Waals surface area contributed by atoms with Gasteiger partial charge in [-0.25, -0.2) is 0 Å². The van der Waals surface area contributed by atoms with E-state index < -0.39 is 0 Å². The van der Waals surface area contributed by atoms with Crippen LogP contribution in [0.2, 0.25) is 0 Å². The van der Waals surface area contributed by atoms with Crippen LogP contribution < -0.4 is 5.73 Å². The zero-order chi connectivity index (χ0) is 15.2. The third kappa shape index (κ3) is 10.7. The molecule has 0 aromatic heterocycles. The summed E-state index contributed by atoms with van der Waals surface area (Å²) in [5.74, 6) is -0.358. The molecule has 1 radical (unpaired) electrons. The smallest absolute Gasteiger partial charge is 0.319 e. The molecule has 0 unspecified atom stereocenters. The van der Waals surface area contributed by atoms with Crippen LogP contribution in [0.5, 0.6) is 0 Å². The van der Waals surface area contributed by atoms with Crippen molar-refractivity contribution in [1.29, 1.82) is 0 Å². The lowest BCUT2D eigenvalue weighted by Crippen LogP contribution is -2.16. The van der Waals surface area contributed by atoms with Crippen molar-refractivity contribution < 1.29 is 9.53 Å². The van der Waals surface area contributed by atoms with Crippen molar-refractivity contribution in [3.8, 4) is 0 Å². The van der Waals surface area contributed by atoms with Crippen molar-refractivity contribution in [3.05, 3.63) is 78.4 Å². The quantitative estimate of drug-likeness (QED) is 0.678. The van der Waals surface area contributed by atoms with Gasteiger partial charge in [0, 0.05) is 0 Å². The van der Waals surface area contributed by atoms with E-state index in [0.717, 1.165) is 5.56 Å². The summed E-state index contributed by atoms with van der Waals surface area (Å²) < 4.78 is 4.81. The average molecular weight is 319 g/mol. The minimum atomic E-state index is -0.358. The second-order valence-electron chi connectivity index (χ2n) is 4.10. The van der Waals surface area contributed by atoms with Crippen molar-refractivity contribution in [1.82, 2.24) is 0 Å². The monoisotopic (exact) mass is 318 g/mol. The van der Waals surface area contributed by atoms with Crippen LogP contribution in [0, 0.1) is 6.07 Å². The summed E-state index contributed by atoms with van der Waals surface area (Å²) in [6.45, 7) is 0.335. The summed E-state index contributed by atoms with van der Waals surface area (Å²) in [5, 5.41) is 0. The van der Waals surface area contributed by atoms with Crippen LogP contribution in [0.25, 0.3) is 6.08 Å². The van der Waals surface area contributed by atoms with E-state index in [1.807, 2.05) is 72.8 Å². The number of ether oxygens (including phenoxy) is 1. The van der Waals surface area contributed by atoms with Gasteiger partial charge in [0.15, 0.2) is 0 Å². The number of benzene rings is 2. The van der Waals surface area contributed by atoms with Gasteiger partial charge < -0.3 is 10.5 Å². The van der Waals surface area contributed by atoms with Crippen LogP contribution in [0.15, 0.2) is 66.7 Å². The van der Waals surface area contributed by atoms with Gasteiger partial charge in [0.2, 0.25) is 0 Å². The molecule has 22 heavy (non-hydrogen) atoms. The van der Waals surface area contributed by atoms with Crippen LogP contribution in [-0.4, -0.2) is 19.1 Å². The Kier molecular flexibility index (Phi) is 12.5. The normalized spacial score (nSPS) is 9.32. The fourth-order valence-electron chi connectivity index (χ4n) is 1.43. The third-order valence-electron chi connectivity index (χ3n) is 2.43. The Balaban J connectivity index is 0.000000529. The number of carbonyl (C=O) groups excluding carboxylic acids is 1. The summed E-state index contributed by atoms with van der Waals surface area (Å²) >= 11 is 0. The predicted molar refractivity (Wildman–Crippen MR) is 92.6 cm³/mol. The fourth-order valence-corrected chi connectivity index (χ4v) is 1.43. The molecule has 0 spiro atoms. The lowest BCUT2D eigenvalue weighted by Gasteiger charge is -1.99. The molecule has 0 aliphatic rings. The van der Waals surface area contributed by atoms with E-state index in [4.69, 9.17) is 10.5 Å². The highest BCUT2D eigenvalue weighted by molar-refractivity contribution is 5.85. The van der Waals surface area contributed by atoms with Gasteiger partial charge in [-0.05, 0) is 18.1 Å². The topological polar surface area (TPSA) is 52.3 Å². The van der Waals surface area contributed by atoms with E-state index in [-0.39, 0.29) is 24.9 Å². The lowest BCUT2D eigenvalue weighted by atomic mass is 10.2. The molecule has 0 aliphatic heterocycles. The first-order valence-corrected chi connectivity index (χ1v) is 6.81. The average Bonchev–Trinajstić information content (AvgIpc) is 2.57. The number of hydrogen-bond donors (Lipinski definition) is 1.